The molecule has 0 spiro atoms. The fraction of sp³-hybridized carbons (Fsp3) is 0.800. The molecule has 1 N–H and O–H groups in total. The van der Waals surface area contributed by atoms with E-state index in [1.54, 1.807) is 0 Å². The molecule has 1 aliphatic rings. The van der Waals surface area contributed by atoms with Crippen LogP contribution in [-0.2, 0) is 6.54 Å². The molecule has 2 heterocycles. The van der Waals surface area contributed by atoms with Gasteiger partial charge in [-0.2, -0.15) is 0 Å². The molecule has 19 heavy (non-hydrogen) atoms. The van der Waals surface area contributed by atoms with E-state index in [2.05, 4.69) is 46.7 Å². The standard InChI is InChI=1S/C15H28N4/c1-4-18(12-14-5-7-16-8-6-14)15-17-9-10-19(15)11-13(2)3/h9-10,13-14,16H,4-8,11-12H2,1-3H3. The second-order valence-electron chi connectivity index (χ2n) is 6.01. The molecule has 0 saturated carbocycles. The van der Waals surface area contributed by atoms with Crippen LogP contribution in [0.25, 0.3) is 0 Å². The normalized spacial score (nSPS) is 17.1. The van der Waals surface area contributed by atoms with Crippen molar-refractivity contribution in [1.29, 1.82) is 0 Å². The molecule has 4 nitrogen and oxygen atoms in total. The van der Waals surface area contributed by atoms with Crippen molar-refractivity contribution in [1.82, 2.24) is 14.9 Å². The Morgan fingerprint density at radius 3 is 2.79 bits per heavy atom. The Hall–Kier alpha value is -1.03. The van der Waals surface area contributed by atoms with Crippen LogP contribution in [0.2, 0.25) is 0 Å². The number of imidazole rings is 1. The SMILES string of the molecule is CCN(CC1CCNCC1)c1nccn1CC(C)C. The van der Waals surface area contributed by atoms with Gasteiger partial charge in [-0.1, -0.05) is 13.8 Å². The number of nitrogens with one attached hydrogen (secondary N) is 1. The van der Waals surface area contributed by atoms with Crippen molar-refractivity contribution >= 4 is 5.95 Å². The maximum atomic E-state index is 4.58. The van der Waals surface area contributed by atoms with E-state index in [9.17, 15) is 0 Å². The van der Waals surface area contributed by atoms with Crippen LogP contribution in [0.15, 0.2) is 12.4 Å². The van der Waals surface area contributed by atoms with Gasteiger partial charge in [-0.05, 0) is 44.7 Å². The molecule has 0 aliphatic carbocycles. The number of hydrogen-bond donors (Lipinski definition) is 1. The fourth-order valence-corrected chi connectivity index (χ4v) is 2.85. The van der Waals surface area contributed by atoms with Gasteiger partial charge in [0.15, 0.2) is 0 Å². The van der Waals surface area contributed by atoms with Crippen molar-refractivity contribution in [3.8, 4) is 0 Å². The van der Waals surface area contributed by atoms with Gasteiger partial charge in [-0.25, -0.2) is 4.98 Å². The molecule has 108 valence electrons. The predicted octanol–water partition coefficient (Wildman–Crippen LogP) is 2.36. The largest absolute Gasteiger partial charge is 0.342 e. The van der Waals surface area contributed by atoms with Gasteiger partial charge in [0.1, 0.15) is 0 Å². The lowest BCUT2D eigenvalue weighted by Crippen LogP contribution is -2.37. The third-order valence-electron chi connectivity index (χ3n) is 3.86. The van der Waals surface area contributed by atoms with Gasteiger partial charge in [0, 0.05) is 32.0 Å². The Morgan fingerprint density at radius 1 is 1.42 bits per heavy atom. The van der Waals surface area contributed by atoms with Gasteiger partial charge < -0.3 is 14.8 Å². The fourth-order valence-electron chi connectivity index (χ4n) is 2.85. The molecule has 1 saturated heterocycles. The van der Waals surface area contributed by atoms with Crippen LogP contribution in [0.1, 0.15) is 33.6 Å². The first-order chi connectivity index (χ1) is 9.20. The van der Waals surface area contributed by atoms with Crippen molar-refractivity contribution < 1.29 is 0 Å². The minimum absolute atomic E-state index is 0.658. The second kappa shape index (κ2) is 6.94. The average molecular weight is 264 g/mol. The molecule has 2 rings (SSSR count). The van der Waals surface area contributed by atoms with Crippen molar-refractivity contribution in [2.75, 3.05) is 31.1 Å². The Bertz CT molecular complexity index is 366. The first-order valence-corrected chi connectivity index (χ1v) is 7.67. The van der Waals surface area contributed by atoms with E-state index in [0.717, 1.165) is 31.5 Å². The van der Waals surface area contributed by atoms with E-state index in [1.165, 1.54) is 25.9 Å². The van der Waals surface area contributed by atoms with Crippen LogP contribution in [-0.4, -0.2) is 35.7 Å². The maximum Gasteiger partial charge on any atom is 0.205 e. The van der Waals surface area contributed by atoms with Crippen LogP contribution in [0.4, 0.5) is 5.95 Å². The van der Waals surface area contributed by atoms with Gasteiger partial charge >= 0.3 is 0 Å². The molecular formula is C15H28N4. The van der Waals surface area contributed by atoms with E-state index in [4.69, 9.17) is 0 Å². The molecule has 1 fully saturated rings. The molecule has 1 aliphatic heterocycles. The zero-order valence-electron chi connectivity index (χ0n) is 12.6. The number of hydrogen-bond acceptors (Lipinski definition) is 3. The van der Waals surface area contributed by atoms with Gasteiger partial charge in [0.05, 0.1) is 0 Å². The summed E-state index contributed by atoms with van der Waals surface area (Å²) in [5, 5.41) is 3.44. The van der Waals surface area contributed by atoms with Gasteiger partial charge in [0.2, 0.25) is 5.95 Å². The van der Waals surface area contributed by atoms with E-state index >= 15 is 0 Å². The van der Waals surface area contributed by atoms with E-state index in [-0.39, 0.29) is 0 Å². The van der Waals surface area contributed by atoms with Crippen LogP contribution in [0, 0.1) is 11.8 Å². The average Bonchev–Trinajstić information content (AvgIpc) is 2.84. The quantitative estimate of drug-likeness (QED) is 0.856. The summed E-state index contributed by atoms with van der Waals surface area (Å²) in [6.45, 7) is 12.3. The van der Waals surface area contributed by atoms with E-state index in [1.807, 2.05) is 6.20 Å². The first-order valence-electron chi connectivity index (χ1n) is 7.67. The van der Waals surface area contributed by atoms with Gasteiger partial charge in [-0.15, -0.1) is 0 Å². The molecule has 0 unspecified atom stereocenters. The highest BCUT2D eigenvalue weighted by molar-refractivity contribution is 5.31. The van der Waals surface area contributed by atoms with Crippen LogP contribution >= 0.6 is 0 Å². The zero-order valence-corrected chi connectivity index (χ0v) is 12.6. The molecule has 0 amide bonds. The lowest BCUT2D eigenvalue weighted by molar-refractivity contribution is 0.371. The van der Waals surface area contributed by atoms with Crippen molar-refractivity contribution in [2.24, 2.45) is 11.8 Å². The Labute approximate surface area is 117 Å². The Morgan fingerprint density at radius 2 is 2.16 bits per heavy atom. The topological polar surface area (TPSA) is 33.1 Å². The first kappa shape index (κ1) is 14.4. The summed E-state index contributed by atoms with van der Waals surface area (Å²) >= 11 is 0. The monoisotopic (exact) mass is 264 g/mol. The summed E-state index contributed by atoms with van der Waals surface area (Å²) in [7, 11) is 0. The summed E-state index contributed by atoms with van der Waals surface area (Å²) < 4.78 is 2.30. The molecule has 0 radical (unpaired) electrons. The highest BCUT2D eigenvalue weighted by atomic mass is 15.3. The summed E-state index contributed by atoms with van der Waals surface area (Å²) in [5.74, 6) is 2.62. The summed E-state index contributed by atoms with van der Waals surface area (Å²) in [4.78, 5) is 7.02. The highest BCUT2D eigenvalue weighted by Gasteiger charge is 2.19. The number of piperidine rings is 1. The lowest BCUT2D eigenvalue weighted by atomic mass is 9.98. The van der Waals surface area contributed by atoms with Crippen molar-refractivity contribution in [3.05, 3.63) is 12.4 Å². The number of anilines is 1. The third kappa shape index (κ3) is 3.96. The molecule has 0 aromatic carbocycles. The van der Waals surface area contributed by atoms with Crippen LogP contribution in [0.3, 0.4) is 0 Å². The predicted molar refractivity (Wildman–Crippen MR) is 80.5 cm³/mol. The van der Waals surface area contributed by atoms with Gasteiger partial charge in [-0.3, -0.25) is 0 Å². The third-order valence-corrected chi connectivity index (χ3v) is 3.86. The van der Waals surface area contributed by atoms with E-state index in [0.29, 0.717) is 5.92 Å². The minimum atomic E-state index is 0.658. The Balaban J connectivity index is 2.01. The maximum absolute atomic E-state index is 4.58. The lowest BCUT2D eigenvalue weighted by Gasteiger charge is -2.30. The summed E-state index contributed by atoms with van der Waals surface area (Å²) in [6, 6.07) is 0. The second-order valence-corrected chi connectivity index (χ2v) is 6.01. The molecule has 1 aromatic heterocycles. The van der Waals surface area contributed by atoms with Gasteiger partial charge in [0.25, 0.3) is 0 Å². The number of nitrogens with zero attached hydrogens (tertiary/aromatic N) is 3. The van der Waals surface area contributed by atoms with Crippen LogP contribution in [0.5, 0.6) is 0 Å². The highest BCUT2D eigenvalue weighted by Crippen LogP contribution is 2.19. The molecule has 0 atom stereocenters. The summed E-state index contributed by atoms with van der Waals surface area (Å²) in [6.07, 6.45) is 6.63. The molecule has 4 heteroatoms. The van der Waals surface area contributed by atoms with Crippen LogP contribution < -0.4 is 10.2 Å². The van der Waals surface area contributed by atoms with Crippen molar-refractivity contribution in [3.63, 3.8) is 0 Å². The summed E-state index contributed by atoms with van der Waals surface area (Å²) in [5.41, 5.74) is 0. The molecule has 0 bridgehead atoms. The van der Waals surface area contributed by atoms with Crippen molar-refractivity contribution in [2.45, 2.75) is 40.2 Å². The Kier molecular flexibility index (Phi) is 5.25. The van der Waals surface area contributed by atoms with E-state index < -0.39 is 0 Å². The smallest absolute Gasteiger partial charge is 0.205 e. The zero-order chi connectivity index (χ0) is 13.7. The number of rotatable bonds is 6. The molecular weight excluding hydrogens is 236 g/mol. The number of aromatic nitrogens is 2. The molecule has 1 aromatic rings. The minimum Gasteiger partial charge on any atom is -0.342 e.